The van der Waals surface area contributed by atoms with E-state index in [0.717, 1.165) is 18.6 Å². The number of hydrogen-bond donors (Lipinski definition) is 1. The molecule has 0 spiro atoms. The maximum atomic E-state index is 13.3. The Morgan fingerprint density at radius 1 is 1.29 bits per heavy atom. The monoisotopic (exact) mass is 242 g/mol. The average Bonchev–Trinajstić information content (AvgIpc) is 2.85. The molecule has 0 aliphatic heterocycles. The van der Waals surface area contributed by atoms with Crippen LogP contribution in [0, 0.1) is 17.0 Å². The molecular formula is C13H16F2O2. The molecule has 0 heterocycles. The van der Waals surface area contributed by atoms with Crippen LogP contribution in [0.25, 0.3) is 0 Å². The topological polar surface area (TPSA) is 29.5 Å². The normalized spacial score (nSPS) is 25.8. The summed E-state index contributed by atoms with van der Waals surface area (Å²) in [5.41, 5.74) is -0.0991. The van der Waals surface area contributed by atoms with Crippen LogP contribution >= 0.6 is 0 Å². The molecule has 1 atom stereocenters. The van der Waals surface area contributed by atoms with Crippen LogP contribution in [0.15, 0.2) is 12.1 Å². The predicted molar refractivity (Wildman–Crippen MR) is 60.1 cm³/mol. The fraction of sp³-hybridized carbons (Fsp3) is 0.538. The lowest BCUT2D eigenvalue weighted by molar-refractivity contribution is 0.227. The van der Waals surface area contributed by atoms with Gasteiger partial charge in [0.1, 0.15) is 5.75 Å². The van der Waals surface area contributed by atoms with Gasteiger partial charge in [-0.05, 0) is 17.9 Å². The van der Waals surface area contributed by atoms with Crippen LogP contribution < -0.4 is 4.74 Å². The van der Waals surface area contributed by atoms with E-state index in [1.165, 1.54) is 7.11 Å². The highest BCUT2D eigenvalue weighted by Crippen LogP contribution is 2.65. The summed E-state index contributed by atoms with van der Waals surface area (Å²) in [7, 11) is 1.41. The molecular weight excluding hydrogens is 226 g/mol. The fourth-order valence-electron chi connectivity index (χ4n) is 2.60. The van der Waals surface area contributed by atoms with E-state index in [4.69, 9.17) is 4.74 Å². The molecule has 1 N–H and O–H groups in total. The van der Waals surface area contributed by atoms with Gasteiger partial charge in [-0.1, -0.05) is 13.8 Å². The van der Waals surface area contributed by atoms with Gasteiger partial charge in [0.2, 0.25) is 0 Å². The second-order valence-corrected chi connectivity index (χ2v) is 5.27. The SMILES string of the molecule is COc1cc(F)c(F)cc1C1(CO)CC1(C)C. The molecule has 1 aliphatic carbocycles. The van der Waals surface area contributed by atoms with Crippen molar-refractivity contribution in [3.8, 4) is 5.75 Å². The minimum Gasteiger partial charge on any atom is -0.496 e. The molecule has 2 rings (SSSR count). The first kappa shape index (κ1) is 12.3. The number of halogens is 2. The zero-order valence-electron chi connectivity index (χ0n) is 10.2. The van der Waals surface area contributed by atoms with Gasteiger partial charge in [0.15, 0.2) is 11.6 Å². The molecule has 1 saturated carbocycles. The van der Waals surface area contributed by atoms with Crippen molar-refractivity contribution < 1.29 is 18.6 Å². The zero-order valence-corrected chi connectivity index (χ0v) is 10.2. The number of methoxy groups -OCH3 is 1. The quantitative estimate of drug-likeness (QED) is 0.883. The largest absolute Gasteiger partial charge is 0.496 e. The Hall–Kier alpha value is -1.16. The second kappa shape index (κ2) is 3.67. The molecule has 0 radical (unpaired) electrons. The van der Waals surface area contributed by atoms with Crippen LogP contribution in [0.2, 0.25) is 0 Å². The third-order valence-corrected chi connectivity index (χ3v) is 3.94. The molecule has 0 amide bonds. The lowest BCUT2D eigenvalue weighted by Gasteiger charge is -2.21. The Labute approximate surface area is 99.2 Å². The zero-order chi connectivity index (χ0) is 12.8. The lowest BCUT2D eigenvalue weighted by atomic mass is 9.88. The molecule has 1 fully saturated rings. The lowest BCUT2D eigenvalue weighted by Crippen LogP contribution is -2.20. The van der Waals surface area contributed by atoms with Crippen LogP contribution in [0.4, 0.5) is 8.78 Å². The summed E-state index contributed by atoms with van der Waals surface area (Å²) in [4.78, 5) is 0. The van der Waals surface area contributed by atoms with E-state index >= 15 is 0 Å². The Morgan fingerprint density at radius 3 is 2.24 bits per heavy atom. The van der Waals surface area contributed by atoms with Crippen LogP contribution in [-0.2, 0) is 5.41 Å². The predicted octanol–water partition coefficient (Wildman–Crippen LogP) is 2.63. The van der Waals surface area contributed by atoms with E-state index < -0.39 is 17.0 Å². The number of aliphatic hydroxyl groups excluding tert-OH is 1. The van der Waals surface area contributed by atoms with Crippen molar-refractivity contribution in [3.63, 3.8) is 0 Å². The first-order chi connectivity index (χ1) is 7.88. The van der Waals surface area contributed by atoms with E-state index in [0.29, 0.717) is 11.3 Å². The van der Waals surface area contributed by atoms with Crippen molar-refractivity contribution in [2.45, 2.75) is 25.7 Å². The van der Waals surface area contributed by atoms with E-state index in [9.17, 15) is 13.9 Å². The minimum absolute atomic E-state index is 0.0958. The van der Waals surface area contributed by atoms with Crippen LogP contribution in [0.1, 0.15) is 25.8 Å². The summed E-state index contributed by atoms with van der Waals surface area (Å²) >= 11 is 0. The summed E-state index contributed by atoms with van der Waals surface area (Å²) in [6.45, 7) is 3.88. The van der Waals surface area contributed by atoms with Gasteiger partial charge in [-0.2, -0.15) is 0 Å². The number of aliphatic hydroxyl groups is 1. The van der Waals surface area contributed by atoms with Gasteiger partial charge in [-0.25, -0.2) is 8.78 Å². The van der Waals surface area contributed by atoms with Crippen LogP contribution in [0.5, 0.6) is 5.75 Å². The van der Waals surface area contributed by atoms with Crippen LogP contribution in [-0.4, -0.2) is 18.8 Å². The Balaban J connectivity index is 2.56. The smallest absolute Gasteiger partial charge is 0.162 e. The molecule has 17 heavy (non-hydrogen) atoms. The van der Waals surface area contributed by atoms with Gasteiger partial charge in [0, 0.05) is 17.0 Å². The van der Waals surface area contributed by atoms with Crippen molar-refractivity contribution in [2.24, 2.45) is 5.41 Å². The van der Waals surface area contributed by atoms with Crippen molar-refractivity contribution in [3.05, 3.63) is 29.3 Å². The van der Waals surface area contributed by atoms with E-state index in [2.05, 4.69) is 0 Å². The maximum Gasteiger partial charge on any atom is 0.162 e. The van der Waals surface area contributed by atoms with Gasteiger partial charge < -0.3 is 9.84 Å². The van der Waals surface area contributed by atoms with E-state index in [-0.39, 0.29) is 12.0 Å². The van der Waals surface area contributed by atoms with Gasteiger partial charge in [-0.15, -0.1) is 0 Å². The minimum atomic E-state index is -0.933. The van der Waals surface area contributed by atoms with Crippen molar-refractivity contribution in [2.75, 3.05) is 13.7 Å². The van der Waals surface area contributed by atoms with E-state index in [1.807, 2.05) is 13.8 Å². The Kier molecular flexibility index (Phi) is 2.65. The summed E-state index contributed by atoms with van der Waals surface area (Å²) in [5.74, 6) is -1.54. The molecule has 0 saturated heterocycles. The molecule has 1 aromatic carbocycles. The Morgan fingerprint density at radius 2 is 1.82 bits per heavy atom. The summed E-state index contributed by atoms with van der Waals surface area (Å²) in [6, 6.07) is 2.18. The second-order valence-electron chi connectivity index (χ2n) is 5.27. The molecule has 0 aromatic heterocycles. The highest BCUT2D eigenvalue weighted by Gasteiger charge is 2.62. The fourth-order valence-corrected chi connectivity index (χ4v) is 2.60. The average molecular weight is 242 g/mol. The maximum absolute atomic E-state index is 13.3. The first-order valence-electron chi connectivity index (χ1n) is 5.52. The van der Waals surface area contributed by atoms with Crippen LogP contribution in [0.3, 0.4) is 0 Å². The summed E-state index contributed by atoms with van der Waals surface area (Å²) < 4.78 is 31.5. The molecule has 0 bridgehead atoms. The molecule has 1 unspecified atom stereocenters. The van der Waals surface area contributed by atoms with Gasteiger partial charge >= 0.3 is 0 Å². The molecule has 94 valence electrons. The summed E-state index contributed by atoms with van der Waals surface area (Å²) in [5, 5.41) is 9.55. The highest BCUT2D eigenvalue weighted by molar-refractivity contribution is 5.47. The number of benzene rings is 1. The van der Waals surface area contributed by atoms with E-state index in [1.54, 1.807) is 0 Å². The third kappa shape index (κ3) is 1.62. The van der Waals surface area contributed by atoms with Crippen molar-refractivity contribution in [1.82, 2.24) is 0 Å². The van der Waals surface area contributed by atoms with Gasteiger partial charge in [0.25, 0.3) is 0 Å². The molecule has 2 nitrogen and oxygen atoms in total. The number of ether oxygens (including phenoxy) is 1. The molecule has 1 aromatic rings. The highest BCUT2D eigenvalue weighted by atomic mass is 19.2. The molecule has 4 heteroatoms. The van der Waals surface area contributed by atoms with Crippen molar-refractivity contribution in [1.29, 1.82) is 0 Å². The number of hydrogen-bond acceptors (Lipinski definition) is 2. The standard InChI is InChI=1S/C13H16F2O2/c1-12(2)6-13(12,7-16)8-4-9(14)10(15)5-11(8)17-3/h4-5,16H,6-7H2,1-3H3. The van der Waals surface area contributed by atoms with Gasteiger partial charge in [-0.3, -0.25) is 0 Å². The van der Waals surface area contributed by atoms with Crippen molar-refractivity contribution >= 4 is 0 Å². The number of rotatable bonds is 3. The molecule has 1 aliphatic rings. The van der Waals surface area contributed by atoms with Gasteiger partial charge in [0.05, 0.1) is 13.7 Å². The Bertz CT molecular complexity index is 457. The summed E-state index contributed by atoms with van der Waals surface area (Å²) in [6.07, 6.45) is 0.734. The third-order valence-electron chi connectivity index (χ3n) is 3.94. The first-order valence-corrected chi connectivity index (χ1v) is 5.52.